The first-order valence-corrected chi connectivity index (χ1v) is 8.51. The van der Waals surface area contributed by atoms with Gasteiger partial charge in [-0.15, -0.1) is 0 Å². The number of nitrogens with zero attached hydrogens (tertiary/aromatic N) is 3. The number of carbonyl (C=O) groups excluding carboxylic acids is 1. The number of rotatable bonds is 2. The van der Waals surface area contributed by atoms with Gasteiger partial charge < -0.3 is 0 Å². The number of carbonyl (C=O) groups is 1. The van der Waals surface area contributed by atoms with Gasteiger partial charge in [0.2, 0.25) is 0 Å². The van der Waals surface area contributed by atoms with Crippen LogP contribution in [-0.2, 0) is 13.0 Å². The highest BCUT2D eigenvalue weighted by Gasteiger charge is 2.54. The zero-order valence-corrected chi connectivity index (χ0v) is 13.6. The lowest BCUT2D eigenvalue weighted by atomic mass is 9.68. The van der Waals surface area contributed by atoms with Crippen molar-refractivity contribution in [2.45, 2.75) is 50.2 Å². The summed E-state index contributed by atoms with van der Waals surface area (Å²) >= 11 is 0. The van der Waals surface area contributed by atoms with Gasteiger partial charge in [-0.25, -0.2) is 5.48 Å². The summed E-state index contributed by atoms with van der Waals surface area (Å²) in [5, 5.41) is 8.75. The Labute approximate surface area is 136 Å². The molecule has 6 heteroatoms. The first kappa shape index (κ1) is 15.1. The third-order valence-electron chi connectivity index (χ3n) is 6.22. The number of hydroxylamine groups is 1. The van der Waals surface area contributed by atoms with Crippen LogP contribution < -0.4 is 5.48 Å². The van der Waals surface area contributed by atoms with E-state index in [1.165, 1.54) is 32.2 Å². The number of amides is 1. The van der Waals surface area contributed by atoms with Crippen molar-refractivity contribution in [2.24, 2.45) is 0 Å². The summed E-state index contributed by atoms with van der Waals surface area (Å²) in [6.07, 6.45) is 7.72. The second kappa shape index (κ2) is 5.54. The molecule has 0 radical (unpaired) electrons. The van der Waals surface area contributed by atoms with Crippen molar-refractivity contribution >= 4 is 5.91 Å². The minimum absolute atomic E-state index is 0.397. The van der Waals surface area contributed by atoms with E-state index in [-0.39, 0.29) is 0 Å². The molecule has 2 fully saturated rings. The van der Waals surface area contributed by atoms with Crippen LogP contribution in [0.25, 0.3) is 0 Å². The maximum Gasteiger partial charge on any atom is 0.276 e. The molecule has 2 aliphatic heterocycles. The van der Waals surface area contributed by atoms with Gasteiger partial charge in [-0.3, -0.25) is 24.8 Å². The van der Waals surface area contributed by atoms with Crippen molar-refractivity contribution in [1.82, 2.24) is 20.3 Å². The Bertz CT molecular complexity index is 635. The number of nitrogens with one attached hydrogen (secondary N) is 1. The maximum absolute atomic E-state index is 11.5. The first-order chi connectivity index (χ1) is 11.1. The van der Waals surface area contributed by atoms with E-state index in [1.807, 2.05) is 6.07 Å². The molecule has 1 aliphatic carbocycles. The topological polar surface area (TPSA) is 68.7 Å². The third-order valence-corrected chi connectivity index (χ3v) is 6.22. The monoisotopic (exact) mass is 316 g/mol. The smallest absolute Gasteiger partial charge is 0.276 e. The van der Waals surface area contributed by atoms with Crippen LogP contribution >= 0.6 is 0 Å². The van der Waals surface area contributed by atoms with E-state index in [0.717, 1.165) is 30.8 Å². The minimum Gasteiger partial charge on any atom is -0.299 e. The highest BCUT2D eigenvalue weighted by atomic mass is 16.5. The fourth-order valence-corrected chi connectivity index (χ4v) is 4.79. The molecule has 1 amide bonds. The Morgan fingerprint density at radius 2 is 2.30 bits per heavy atom. The minimum atomic E-state index is -0.492. The van der Waals surface area contributed by atoms with Crippen molar-refractivity contribution in [3.05, 3.63) is 29.1 Å². The number of pyridine rings is 1. The Morgan fingerprint density at radius 3 is 2.96 bits per heavy atom. The van der Waals surface area contributed by atoms with E-state index in [0.29, 0.717) is 17.1 Å². The number of hydrogen-bond donors (Lipinski definition) is 2. The standard InChI is InChI=1S/C17H24N4O2/c1-20-7-2-5-17(20)6-3-15(17)21-8-4-12-9-13(16(22)19-23)10-18-14(12)11-21/h9-10,15,23H,2-8,11H2,1H3,(H,19,22). The molecule has 2 N–H and O–H groups in total. The second-order valence-corrected chi connectivity index (χ2v) is 7.17. The maximum atomic E-state index is 11.5. The molecule has 124 valence electrons. The van der Waals surface area contributed by atoms with Crippen molar-refractivity contribution in [3.8, 4) is 0 Å². The van der Waals surface area contributed by atoms with Crippen molar-refractivity contribution < 1.29 is 10.0 Å². The molecule has 1 saturated carbocycles. The molecule has 2 unspecified atom stereocenters. The van der Waals surface area contributed by atoms with Crippen LogP contribution in [0.15, 0.2) is 12.3 Å². The molecule has 0 aromatic carbocycles. The van der Waals surface area contributed by atoms with Crippen LogP contribution in [0.1, 0.15) is 47.3 Å². The van der Waals surface area contributed by atoms with Crippen LogP contribution in [0.3, 0.4) is 0 Å². The fourth-order valence-electron chi connectivity index (χ4n) is 4.79. The molecular weight excluding hydrogens is 292 g/mol. The van der Waals surface area contributed by atoms with Gasteiger partial charge in [-0.05, 0) is 57.3 Å². The molecule has 4 rings (SSSR count). The molecular formula is C17H24N4O2. The van der Waals surface area contributed by atoms with Crippen molar-refractivity contribution in [1.29, 1.82) is 0 Å². The van der Waals surface area contributed by atoms with E-state index in [2.05, 4.69) is 21.8 Å². The van der Waals surface area contributed by atoms with Gasteiger partial charge >= 0.3 is 0 Å². The zero-order chi connectivity index (χ0) is 16.0. The average molecular weight is 316 g/mol. The van der Waals surface area contributed by atoms with Crippen LogP contribution in [-0.4, -0.2) is 57.6 Å². The number of likely N-dealkylation sites (N-methyl/N-ethyl adjacent to an activating group) is 1. The van der Waals surface area contributed by atoms with Gasteiger partial charge in [0.1, 0.15) is 0 Å². The molecule has 3 aliphatic rings. The summed E-state index contributed by atoms with van der Waals surface area (Å²) in [6.45, 7) is 3.12. The first-order valence-electron chi connectivity index (χ1n) is 8.51. The summed E-state index contributed by atoms with van der Waals surface area (Å²) in [4.78, 5) is 21.2. The van der Waals surface area contributed by atoms with Crippen molar-refractivity contribution in [3.63, 3.8) is 0 Å². The largest absolute Gasteiger partial charge is 0.299 e. The van der Waals surface area contributed by atoms with Gasteiger partial charge in [0.05, 0.1) is 11.3 Å². The molecule has 1 aromatic heterocycles. The van der Waals surface area contributed by atoms with Crippen LogP contribution in [0.4, 0.5) is 0 Å². The Hall–Kier alpha value is -1.50. The molecule has 2 atom stereocenters. The lowest BCUT2D eigenvalue weighted by Crippen LogP contribution is -2.65. The lowest BCUT2D eigenvalue weighted by molar-refractivity contribution is -0.0465. The molecule has 6 nitrogen and oxygen atoms in total. The fraction of sp³-hybridized carbons (Fsp3) is 0.647. The highest BCUT2D eigenvalue weighted by Crippen LogP contribution is 2.48. The highest BCUT2D eigenvalue weighted by molar-refractivity contribution is 5.93. The molecule has 23 heavy (non-hydrogen) atoms. The molecule has 3 heterocycles. The second-order valence-electron chi connectivity index (χ2n) is 7.17. The van der Waals surface area contributed by atoms with E-state index in [4.69, 9.17) is 5.21 Å². The molecule has 1 spiro atoms. The van der Waals surface area contributed by atoms with Gasteiger partial charge in [0, 0.05) is 30.9 Å². The number of likely N-dealkylation sites (tertiary alicyclic amines) is 1. The van der Waals surface area contributed by atoms with Crippen molar-refractivity contribution in [2.75, 3.05) is 20.1 Å². The van der Waals surface area contributed by atoms with Crippen LogP contribution in [0, 0.1) is 0 Å². The summed E-state index contributed by atoms with van der Waals surface area (Å²) in [7, 11) is 2.27. The Morgan fingerprint density at radius 1 is 1.43 bits per heavy atom. The van der Waals surface area contributed by atoms with E-state index < -0.39 is 5.91 Å². The van der Waals surface area contributed by atoms with Gasteiger partial charge in [0.25, 0.3) is 5.91 Å². The summed E-state index contributed by atoms with van der Waals surface area (Å²) in [5.41, 5.74) is 4.71. The van der Waals surface area contributed by atoms with Gasteiger partial charge in [0.15, 0.2) is 0 Å². The summed E-state index contributed by atoms with van der Waals surface area (Å²) < 4.78 is 0. The normalized spacial score (nSPS) is 31.0. The quantitative estimate of drug-likeness (QED) is 0.633. The summed E-state index contributed by atoms with van der Waals surface area (Å²) in [5.74, 6) is -0.492. The molecule has 1 aromatic rings. The average Bonchev–Trinajstić information content (AvgIpc) is 2.96. The predicted molar refractivity (Wildman–Crippen MR) is 85.2 cm³/mol. The number of fused-ring (bicyclic) bond motifs is 1. The Balaban J connectivity index is 1.52. The number of aromatic nitrogens is 1. The van der Waals surface area contributed by atoms with E-state index in [1.54, 1.807) is 11.7 Å². The number of hydrogen-bond acceptors (Lipinski definition) is 5. The van der Waals surface area contributed by atoms with Crippen LogP contribution in [0.5, 0.6) is 0 Å². The van der Waals surface area contributed by atoms with Gasteiger partial charge in [-0.2, -0.15) is 0 Å². The van der Waals surface area contributed by atoms with E-state index in [9.17, 15) is 4.79 Å². The molecule has 1 saturated heterocycles. The molecule has 0 bridgehead atoms. The van der Waals surface area contributed by atoms with Crippen LogP contribution in [0.2, 0.25) is 0 Å². The Kier molecular flexibility index (Phi) is 3.63. The SMILES string of the molecule is CN1CCCC12CCC2N1CCc2cc(C(=O)NO)cnc2C1. The third kappa shape index (κ3) is 2.28. The predicted octanol–water partition coefficient (Wildman–Crippen LogP) is 1.19. The lowest BCUT2D eigenvalue weighted by Gasteiger charge is -2.56. The zero-order valence-electron chi connectivity index (χ0n) is 13.6. The van der Waals surface area contributed by atoms with Gasteiger partial charge in [-0.1, -0.05) is 0 Å². The van der Waals surface area contributed by atoms with E-state index >= 15 is 0 Å². The summed E-state index contributed by atoms with van der Waals surface area (Å²) in [6, 6.07) is 2.51.